The molecule has 2 aliphatic rings. The lowest BCUT2D eigenvalue weighted by molar-refractivity contribution is -0.126. The van der Waals surface area contributed by atoms with Gasteiger partial charge in [-0.05, 0) is 49.4 Å². The molecule has 0 bridgehead atoms. The SMILES string of the molecule is COc1ccc(Br)cc1C1C2C(=O)N(c3ccc(C)cc3)C(=O)C2ON1c1ccccc1. The highest BCUT2D eigenvalue weighted by molar-refractivity contribution is 9.10. The van der Waals surface area contributed by atoms with E-state index < -0.39 is 18.1 Å². The number of fused-ring (bicyclic) bond motifs is 1. The van der Waals surface area contributed by atoms with Crippen LogP contribution in [-0.4, -0.2) is 25.0 Å². The lowest BCUT2D eigenvalue weighted by Crippen LogP contribution is -2.37. The molecule has 0 aliphatic carbocycles. The molecular formula is C25H21BrN2O4. The van der Waals surface area contributed by atoms with Gasteiger partial charge in [-0.15, -0.1) is 0 Å². The third kappa shape index (κ3) is 3.29. The van der Waals surface area contributed by atoms with E-state index in [2.05, 4.69) is 15.9 Å². The van der Waals surface area contributed by atoms with E-state index >= 15 is 0 Å². The molecule has 7 heteroatoms. The molecule has 3 aromatic rings. The first-order valence-electron chi connectivity index (χ1n) is 10.3. The molecule has 0 spiro atoms. The molecule has 3 atom stereocenters. The van der Waals surface area contributed by atoms with E-state index in [1.165, 1.54) is 4.90 Å². The fraction of sp³-hybridized carbons (Fsp3) is 0.200. The summed E-state index contributed by atoms with van der Waals surface area (Å²) in [7, 11) is 1.59. The van der Waals surface area contributed by atoms with Gasteiger partial charge in [-0.25, -0.2) is 9.96 Å². The maximum atomic E-state index is 13.7. The Morgan fingerprint density at radius 1 is 0.906 bits per heavy atom. The number of amides is 2. The van der Waals surface area contributed by atoms with Crippen LogP contribution in [0.1, 0.15) is 17.2 Å². The molecule has 3 aromatic carbocycles. The van der Waals surface area contributed by atoms with E-state index in [9.17, 15) is 9.59 Å². The Balaban J connectivity index is 1.63. The summed E-state index contributed by atoms with van der Waals surface area (Å²) in [5.41, 5.74) is 3.13. The van der Waals surface area contributed by atoms with Crippen molar-refractivity contribution in [3.05, 3.63) is 88.4 Å². The fourth-order valence-electron chi connectivity index (χ4n) is 4.41. The van der Waals surface area contributed by atoms with E-state index in [4.69, 9.17) is 9.57 Å². The second-order valence-corrected chi connectivity index (χ2v) is 8.81. The van der Waals surface area contributed by atoms with Crippen molar-refractivity contribution in [2.75, 3.05) is 17.1 Å². The van der Waals surface area contributed by atoms with Gasteiger partial charge in [0.1, 0.15) is 11.7 Å². The highest BCUT2D eigenvalue weighted by Crippen LogP contribution is 2.49. The number of ether oxygens (including phenoxy) is 1. The third-order valence-corrected chi connectivity index (χ3v) is 6.42. The van der Waals surface area contributed by atoms with Crippen molar-refractivity contribution < 1.29 is 19.2 Å². The molecule has 5 rings (SSSR count). The molecular weight excluding hydrogens is 472 g/mol. The summed E-state index contributed by atoms with van der Waals surface area (Å²) < 4.78 is 6.46. The molecule has 2 saturated heterocycles. The van der Waals surface area contributed by atoms with Crippen LogP contribution >= 0.6 is 15.9 Å². The molecule has 162 valence electrons. The molecule has 2 fully saturated rings. The first-order valence-corrected chi connectivity index (χ1v) is 11.1. The molecule has 2 aliphatic heterocycles. The lowest BCUT2D eigenvalue weighted by Gasteiger charge is -2.29. The van der Waals surface area contributed by atoms with E-state index in [1.807, 2.05) is 67.6 Å². The minimum Gasteiger partial charge on any atom is -0.496 e. The van der Waals surface area contributed by atoms with Crippen molar-refractivity contribution >= 4 is 39.1 Å². The summed E-state index contributed by atoms with van der Waals surface area (Å²) in [6.07, 6.45) is -0.919. The number of carbonyl (C=O) groups is 2. The maximum Gasteiger partial charge on any atom is 0.266 e. The van der Waals surface area contributed by atoms with Crippen molar-refractivity contribution in [2.45, 2.75) is 19.1 Å². The van der Waals surface area contributed by atoms with Gasteiger partial charge in [0.05, 0.1) is 24.5 Å². The Bertz CT molecular complexity index is 1180. The number of hydrogen-bond acceptors (Lipinski definition) is 5. The number of imide groups is 1. The van der Waals surface area contributed by atoms with Gasteiger partial charge >= 0.3 is 0 Å². The van der Waals surface area contributed by atoms with Crippen LogP contribution in [0.5, 0.6) is 5.75 Å². The van der Waals surface area contributed by atoms with Gasteiger partial charge < -0.3 is 4.74 Å². The average molecular weight is 493 g/mol. The number of nitrogens with zero attached hydrogens (tertiary/aromatic N) is 2. The molecule has 0 radical (unpaired) electrons. The Labute approximate surface area is 194 Å². The summed E-state index contributed by atoms with van der Waals surface area (Å²) in [6.45, 7) is 1.96. The topological polar surface area (TPSA) is 59.1 Å². The lowest BCUT2D eigenvalue weighted by atomic mass is 9.90. The first-order chi connectivity index (χ1) is 15.5. The second-order valence-electron chi connectivity index (χ2n) is 7.89. The standard InChI is InChI=1S/C25H21BrN2O4/c1-15-8-11-17(12-9-15)27-24(29)21-22(19-14-16(26)10-13-20(19)31-2)28(32-23(21)25(27)30)18-6-4-3-5-7-18/h3-14,21-23H,1-2H3. The zero-order chi connectivity index (χ0) is 22.4. The van der Waals surface area contributed by atoms with Crippen molar-refractivity contribution in [1.82, 2.24) is 0 Å². The maximum absolute atomic E-state index is 13.7. The number of carbonyl (C=O) groups excluding carboxylic acids is 2. The zero-order valence-electron chi connectivity index (χ0n) is 17.6. The molecule has 2 heterocycles. The number of anilines is 2. The zero-order valence-corrected chi connectivity index (χ0v) is 19.2. The predicted octanol–water partition coefficient (Wildman–Crippen LogP) is 4.82. The largest absolute Gasteiger partial charge is 0.496 e. The second kappa shape index (κ2) is 8.07. The minimum absolute atomic E-state index is 0.283. The molecule has 0 aromatic heterocycles. The molecule has 0 saturated carbocycles. The Morgan fingerprint density at radius 3 is 2.31 bits per heavy atom. The quantitative estimate of drug-likeness (QED) is 0.488. The molecule has 2 amide bonds. The average Bonchev–Trinajstić information content (AvgIpc) is 3.31. The number of hydroxylamine groups is 1. The predicted molar refractivity (Wildman–Crippen MR) is 124 cm³/mol. The van der Waals surface area contributed by atoms with Gasteiger partial charge in [0.25, 0.3) is 5.91 Å². The highest BCUT2D eigenvalue weighted by atomic mass is 79.9. The Hall–Kier alpha value is -3.16. The number of halogens is 1. The summed E-state index contributed by atoms with van der Waals surface area (Å²) >= 11 is 3.53. The number of rotatable bonds is 4. The van der Waals surface area contributed by atoms with Gasteiger partial charge in [0, 0.05) is 10.0 Å². The van der Waals surface area contributed by atoms with Crippen molar-refractivity contribution in [3.63, 3.8) is 0 Å². The number of methoxy groups -OCH3 is 1. The van der Waals surface area contributed by atoms with Crippen LogP contribution < -0.4 is 14.7 Å². The van der Waals surface area contributed by atoms with Gasteiger partial charge in [-0.1, -0.05) is 51.8 Å². The molecule has 32 heavy (non-hydrogen) atoms. The van der Waals surface area contributed by atoms with Gasteiger partial charge in [-0.2, -0.15) is 0 Å². The molecule has 6 nitrogen and oxygen atoms in total. The monoisotopic (exact) mass is 492 g/mol. The normalized spacial score (nSPS) is 22.4. The van der Waals surface area contributed by atoms with Crippen LogP contribution in [0.25, 0.3) is 0 Å². The van der Waals surface area contributed by atoms with Gasteiger partial charge in [0.15, 0.2) is 6.10 Å². The van der Waals surface area contributed by atoms with E-state index in [0.717, 1.165) is 21.3 Å². The number of benzene rings is 3. The smallest absolute Gasteiger partial charge is 0.266 e. The van der Waals surface area contributed by atoms with Crippen LogP contribution in [0, 0.1) is 12.8 Å². The first kappa shape index (κ1) is 20.7. The summed E-state index contributed by atoms with van der Waals surface area (Å²) in [5, 5.41) is 1.67. The van der Waals surface area contributed by atoms with Gasteiger partial charge in [0.2, 0.25) is 5.91 Å². The number of para-hydroxylation sites is 1. The van der Waals surface area contributed by atoms with Crippen LogP contribution in [0.2, 0.25) is 0 Å². The van der Waals surface area contributed by atoms with Crippen molar-refractivity contribution in [1.29, 1.82) is 0 Å². The highest BCUT2D eigenvalue weighted by Gasteiger charge is 2.60. The van der Waals surface area contributed by atoms with Crippen molar-refractivity contribution in [3.8, 4) is 5.75 Å². The van der Waals surface area contributed by atoms with E-state index in [0.29, 0.717) is 11.4 Å². The minimum atomic E-state index is -0.919. The molecule has 0 N–H and O–H groups in total. The number of aryl methyl sites for hydroxylation is 1. The fourth-order valence-corrected chi connectivity index (χ4v) is 4.79. The van der Waals surface area contributed by atoms with Crippen LogP contribution in [-0.2, 0) is 14.4 Å². The number of hydrogen-bond donors (Lipinski definition) is 0. The molecule has 3 unspecified atom stereocenters. The summed E-state index contributed by atoms with van der Waals surface area (Å²) in [4.78, 5) is 34.5. The Morgan fingerprint density at radius 2 is 1.62 bits per heavy atom. The van der Waals surface area contributed by atoms with Crippen molar-refractivity contribution in [2.24, 2.45) is 5.92 Å². The van der Waals surface area contributed by atoms with E-state index in [-0.39, 0.29) is 11.8 Å². The van der Waals surface area contributed by atoms with Crippen LogP contribution in [0.15, 0.2) is 77.3 Å². The summed E-state index contributed by atoms with van der Waals surface area (Å²) in [6, 6.07) is 21.9. The van der Waals surface area contributed by atoms with Gasteiger partial charge in [-0.3, -0.25) is 14.4 Å². The van der Waals surface area contributed by atoms with E-state index in [1.54, 1.807) is 24.3 Å². The van der Waals surface area contributed by atoms with Crippen LogP contribution in [0.3, 0.4) is 0 Å². The van der Waals surface area contributed by atoms with Crippen LogP contribution in [0.4, 0.5) is 11.4 Å². The third-order valence-electron chi connectivity index (χ3n) is 5.93. The Kier molecular flexibility index (Phi) is 5.23. The summed E-state index contributed by atoms with van der Waals surface area (Å²) in [5.74, 6) is -0.736.